The van der Waals surface area contributed by atoms with Crippen LogP contribution in [-0.2, 0) is 5.41 Å². The predicted octanol–water partition coefficient (Wildman–Crippen LogP) is 13.6. The summed E-state index contributed by atoms with van der Waals surface area (Å²) in [5.41, 5.74) is 15.8. The molecule has 4 nitrogen and oxygen atoms in total. The molecule has 0 atom stereocenters. The van der Waals surface area contributed by atoms with Crippen molar-refractivity contribution >= 4 is 55.0 Å². The summed E-state index contributed by atoms with van der Waals surface area (Å²) in [5, 5.41) is 3.28. The first-order valence-electron chi connectivity index (χ1n) is 18.6. The topological polar surface area (TPSA) is 43.9 Å². The zero-order chi connectivity index (χ0) is 37.1. The molecule has 3 aromatic heterocycles. The van der Waals surface area contributed by atoms with E-state index in [0.717, 1.165) is 77.5 Å². The third-order valence-corrected chi connectivity index (χ3v) is 10.9. The first-order chi connectivity index (χ1) is 26.3. The Bertz CT molecular complexity index is 2960. The summed E-state index contributed by atoms with van der Waals surface area (Å²) in [4.78, 5) is 10.6. The Balaban J connectivity index is 1.28. The van der Waals surface area contributed by atoms with Gasteiger partial charge in [-0.2, -0.15) is 0 Å². The van der Waals surface area contributed by atoms with Gasteiger partial charge in [-0.3, -0.25) is 0 Å². The smallest absolute Gasteiger partial charge is 0.161 e. The molecule has 8 aromatic rings. The molecule has 0 saturated heterocycles. The van der Waals surface area contributed by atoms with Crippen LogP contribution in [0.5, 0.6) is 0 Å². The number of benzene rings is 5. The molecule has 262 valence electrons. The number of nitrogens with zero attached hydrogens (tertiary/aromatic N) is 3. The maximum absolute atomic E-state index is 6.55. The van der Waals surface area contributed by atoms with Crippen molar-refractivity contribution in [2.24, 2.45) is 0 Å². The summed E-state index contributed by atoms with van der Waals surface area (Å²) in [5.74, 6) is 0.685. The van der Waals surface area contributed by atoms with Gasteiger partial charge < -0.3 is 8.98 Å². The second-order valence-corrected chi connectivity index (χ2v) is 14.6. The van der Waals surface area contributed by atoms with E-state index in [-0.39, 0.29) is 5.41 Å². The molecule has 0 bridgehead atoms. The van der Waals surface area contributed by atoms with Crippen molar-refractivity contribution in [3.05, 3.63) is 174 Å². The number of fused-ring (bicyclic) bond motifs is 8. The molecule has 4 heteroatoms. The van der Waals surface area contributed by atoms with Gasteiger partial charge in [0.15, 0.2) is 11.4 Å². The highest BCUT2D eigenvalue weighted by Crippen LogP contribution is 2.50. The molecule has 0 radical (unpaired) electrons. The molecule has 54 heavy (non-hydrogen) atoms. The minimum Gasteiger partial charge on any atom is -0.454 e. The molecule has 0 spiro atoms. The van der Waals surface area contributed by atoms with Gasteiger partial charge in [-0.15, -0.1) is 0 Å². The van der Waals surface area contributed by atoms with Crippen LogP contribution in [0.1, 0.15) is 56.9 Å². The predicted molar refractivity (Wildman–Crippen MR) is 228 cm³/mol. The summed E-state index contributed by atoms with van der Waals surface area (Å²) < 4.78 is 8.97. The average Bonchev–Trinajstić information content (AvgIpc) is 3.73. The van der Waals surface area contributed by atoms with Crippen molar-refractivity contribution < 1.29 is 4.42 Å². The van der Waals surface area contributed by atoms with Gasteiger partial charge in [-0.05, 0) is 109 Å². The van der Waals surface area contributed by atoms with E-state index in [4.69, 9.17) is 14.4 Å². The molecule has 0 amide bonds. The molecule has 0 N–H and O–H groups in total. The first kappa shape index (κ1) is 33.3. The summed E-state index contributed by atoms with van der Waals surface area (Å²) in [6, 6.07) is 36.8. The van der Waals surface area contributed by atoms with Crippen molar-refractivity contribution in [3.63, 3.8) is 0 Å². The van der Waals surface area contributed by atoms with Gasteiger partial charge in [0.25, 0.3) is 0 Å². The number of para-hydroxylation sites is 3. The van der Waals surface area contributed by atoms with Crippen molar-refractivity contribution in [1.29, 1.82) is 0 Å². The molecule has 9 rings (SSSR count). The monoisotopic (exact) mass is 699 g/mol. The molecule has 0 saturated carbocycles. The van der Waals surface area contributed by atoms with Crippen molar-refractivity contribution in [2.75, 3.05) is 0 Å². The van der Waals surface area contributed by atoms with Gasteiger partial charge in [0.05, 0.1) is 22.4 Å². The van der Waals surface area contributed by atoms with E-state index in [1.807, 2.05) is 38.1 Å². The van der Waals surface area contributed by atoms with Gasteiger partial charge in [0.1, 0.15) is 11.1 Å². The Morgan fingerprint density at radius 1 is 0.722 bits per heavy atom. The van der Waals surface area contributed by atoms with E-state index < -0.39 is 0 Å². The summed E-state index contributed by atoms with van der Waals surface area (Å²) in [6.07, 6.45) is 14.3. The van der Waals surface area contributed by atoms with Crippen LogP contribution in [0.4, 0.5) is 0 Å². The fraction of sp³-hybridized carbons (Fsp3) is 0.120. The molecular weight excluding hydrogens is 659 g/mol. The van der Waals surface area contributed by atoms with E-state index in [0.29, 0.717) is 5.82 Å². The molecule has 1 aliphatic heterocycles. The average molecular weight is 700 g/mol. The molecule has 0 aliphatic carbocycles. The minimum absolute atomic E-state index is 0.279. The molecule has 4 heterocycles. The largest absolute Gasteiger partial charge is 0.454 e. The highest BCUT2D eigenvalue weighted by Gasteiger charge is 2.36. The van der Waals surface area contributed by atoms with Gasteiger partial charge in [-0.25, -0.2) is 9.97 Å². The van der Waals surface area contributed by atoms with Crippen LogP contribution in [0.2, 0.25) is 0 Å². The second kappa shape index (κ2) is 12.9. The quantitative estimate of drug-likeness (QED) is 0.156. The maximum Gasteiger partial charge on any atom is 0.161 e. The molecule has 5 aromatic carbocycles. The Labute approximate surface area is 315 Å². The van der Waals surface area contributed by atoms with Crippen LogP contribution in [0.15, 0.2) is 157 Å². The highest BCUT2D eigenvalue weighted by atomic mass is 16.3. The van der Waals surface area contributed by atoms with Crippen LogP contribution in [0.3, 0.4) is 0 Å². The number of furan rings is 1. The van der Waals surface area contributed by atoms with Gasteiger partial charge >= 0.3 is 0 Å². The summed E-state index contributed by atoms with van der Waals surface area (Å²) in [6.45, 7) is 14.9. The highest BCUT2D eigenvalue weighted by molar-refractivity contribution is 6.18. The zero-order valence-electron chi connectivity index (χ0n) is 31.3. The summed E-state index contributed by atoms with van der Waals surface area (Å²) >= 11 is 0. The van der Waals surface area contributed by atoms with Gasteiger partial charge in [0.2, 0.25) is 0 Å². The number of rotatable bonds is 7. The lowest BCUT2D eigenvalue weighted by atomic mass is 9.74. The fourth-order valence-corrected chi connectivity index (χ4v) is 8.25. The molecule has 0 unspecified atom stereocenters. The van der Waals surface area contributed by atoms with Crippen LogP contribution in [0.25, 0.3) is 83.4 Å². The Kier molecular flexibility index (Phi) is 7.93. The number of aromatic nitrogens is 3. The lowest BCUT2D eigenvalue weighted by Gasteiger charge is -2.35. The van der Waals surface area contributed by atoms with E-state index in [9.17, 15) is 0 Å². The van der Waals surface area contributed by atoms with E-state index in [1.165, 1.54) is 22.3 Å². The lowest BCUT2D eigenvalue weighted by molar-refractivity contribution is 0.630. The SMILES string of the molecule is C=C/C=C(\C=C/C)c1cc(/C(C)=C/C=C\C)cc(-c2nc(-c3ccc4c(c3)C(C)(C)c3cccc5c6oc7ccccc7c6n-4c35)c3ccccc3n2)c1. The third kappa shape index (κ3) is 5.13. The van der Waals surface area contributed by atoms with Crippen LogP contribution in [-0.4, -0.2) is 14.5 Å². The Morgan fingerprint density at radius 2 is 1.50 bits per heavy atom. The van der Waals surface area contributed by atoms with Gasteiger partial charge in [-0.1, -0.05) is 111 Å². The van der Waals surface area contributed by atoms with Crippen LogP contribution >= 0.6 is 0 Å². The third-order valence-electron chi connectivity index (χ3n) is 10.9. The zero-order valence-corrected chi connectivity index (χ0v) is 31.3. The minimum atomic E-state index is -0.279. The fourth-order valence-electron chi connectivity index (χ4n) is 8.25. The van der Waals surface area contributed by atoms with Crippen molar-refractivity contribution in [2.45, 2.75) is 40.0 Å². The van der Waals surface area contributed by atoms with E-state index in [1.54, 1.807) is 0 Å². The number of hydrogen-bond donors (Lipinski definition) is 0. The second-order valence-electron chi connectivity index (χ2n) is 14.6. The van der Waals surface area contributed by atoms with E-state index >= 15 is 0 Å². The van der Waals surface area contributed by atoms with Crippen LogP contribution in [0, 0.1) is 0 Å². The summed E-state index contributed by atoms with van der Waals surface area (Å²) in [7, 11) is 0. The van der Waals surface area contributed by atoms with E-state index in [2.05, 4.69) is 153 Å². The molecular formula is C50H41N3O. The van der Waals surface area contributed by atoms with Crippen molar-refractivity contribution in [1.82, 2.24) is 14.5 Å². The standard InChI is InChI=1S/C50H41N3O/c1-7-10-18-31(4)34-27-35(32(16-8-2)17-9-3)29-36(28-34)49-51-42-23-13-11-19-37(42)45(52-49)33-25-26-43-41(30-33)50(5,6)40-22-15-21-39-46(40)53(43)47-38-20-12-14-24-44(38)54-48(39)47/h7-30H,2H2,1,3-6H3/b10-7-,17-9-,31-18+,32-16+. The first-order valence-corrected chi connectivity index (χ1v) is 18.6. The van der Waals surface area contributed by atoms with Crippen LogP contribution < -0.4 is 0 Å². The lowest BCUT2D eigenvalue weighted by Crippen LogP contribution is -2.26. The number of allylic oxidation sites excluding steroid dienone is 9. The molecule has 1 aliphatic rings. The molecule has 0 fully saturated rings. The Hall–Kier alpha value is -6.52. The Morgan fingerprint density at radius 3 is 2.31 bits per heavy atom. The van der Waals surface area contributed by atoms with Gasteiger partial charge in [0, 0.05) is 32.7 Å². The normalized spacial score (nSPS) is 14.3. The van der Waals surface area contributed by atoms with Crippen molar-refractivity contribution in [3.8, 4) is 28.3 Å². The number of hydrogen-bond acceptors (Lipinski definition) is 3. The maximum atomic E-state index is 6.55.